The summed E-state index contributed by atoms with van der Waals surface area (Å²) in [5.41, 5.74) is 1.96. The molecule has 34 heavy (non-hydrogen) atoms. The van der Waals surface area contributed by atoms with E-state index in [2.05, 4.69) is 0 Å². The Hall–Kier alpha value is -3.58. The van der Waals surface area contributed by atoms with Crippen LogP contribution in [0.1, 0.15) is 48.7 Å². The van der Waals surface area contributed by atoms with Crippen LogP contribution in [0.25, 0.3) is 5.76 Å². The average molecular weight is 478 g/mol. The van der Waals surface area contributed by atoms with Gasteiger partial charge in [-0.25, -0.2) is 0 Å². The van der Waals surface area contributed by atoms with E-state index in [4.69, 9.17) is 9.47 Å². The molecule has 176 valence electrons. The van der Waals surface area contributed by atoms with Crippen LogP contribution in [0.15, 0.2) is 65.6 Å². The predicted molar refractivity (Wildman–Crippen MR) is 134 cm³/mol. The lowest BCUT2D eigenvalue weighted by molar-refractivity contribution is -0.132. The second kappa shape index (κ2) is 9.73. The van der Waals surface area contributed by atoms with E-state index in [1.807, 2.05) is 44.4 Å². The number of nitrogens with zero attached hydrogens (tertiary/aromatic N) is 1. The number of hydrogen-bond donors (Lipinski definition) is 1. The minimum Gasteiger partial charge on any atom is -0.507 e. The van der Waals surface area contributed by atoms with E-state index in [1.54, 1.807) is 43.5 Å². The van der Waals surface area contributed by atoms with Crippen LogP contribution in [0, 0.1) is 0 Å². The maximum Gasteiger partial charge on any atom is 0.300 e. The third-order valence-electron chi connectivity index (χ3n) is 5.79. The zero-order valence-corrected chi connectivity index (χ0v) is 20.4. The minimum atomic E-state index is -0.749. The van der Waals surface area contributed by atoms with Crippen molar-refractivity contribution in [2.24, 2.45) is 0 Å². The van der Waals surface area contributed by atoms with Crippen molar-refractivity contribution in [3.63, 3.8) is 0 Å². The molecule has 3 aromatic rings. The maximum atomic E-state index is 13.3. The van der Waals surface area contributed by atoms with Crippen molar-refractivity contribution in [1.82, 2.24) is 0 Å². The molecule has 0 spiro atoms. The van der Waals surface area contributed by atoms with Gasteiger partial charge in [0, 0.05) is 22.2 Å². The number of hydrogen-bond acceptors (Lipinski definition) is 6. The first kappa shape index (κ1) is 23.6. The lowest BCUT2D eigenvalue weighted by Crippen LogP contribution is -2.29. The number of ketones is 1. The van der Waals surface area contributed by atoms with Crippen LogP contribution in [0.2, 0.25) is 0 Å². The summed E-state index contributed by atoms with van der Waals surface area (Å²) in [6.07, 6.45) is 0. The molecule has 1 saturated heterocycles. The summed E-state index contributed by atoms with van der Waals surface area (Å²) >= 11 is 1.42. The SMILES string of the molecule is CCOc1cccc(N2C(=O)C(=O)/C(=C(\O)c3ccc(OC)c(C(C)C)c3)C2c2cccs2)c1. The van der Waals surface area contributed by atoms with E-state index in [0.29, 0.717) is 29.4 Å². The van der Waals surface area contributed by atoms with Gasteiger partial charge in [-0.1, -0.05) is 26.0 Å². The van der Waals surface area contributed by atoms with Gasteiger partial charge in [0.2, 0.25) is 0 Å². The van der Waals surface area contributed by atoms with Crippen molar-refractivity contribution in [3.8, 4) is 11.5 Å². The van der Waals surface area contributed by atoms with Crippen LogP contribution >= 0.6 is 11.3 Å². The standard InChI is InChI=1S/C27H27NO5S/c1-5-33-19-9-6-8-18(15-19)28-24(22-10-7-13-34-22)23(26(30)27(28)31)25(29)17-11-12-21(32-4)20(14-17)16(2)3/h6-16,24,29H,5H2,1-4H3/b25-23-. The molecule has 2 aromatic carbocycles. The number of amides is 1. The molecule has 1 aromatic heterocycles. The van der Waals surface area contributed by atoms with E-state index in [1.165, 1.54) is 16.2 Å². The summed E-state index contributed by atoms with van der Waals surface area (Å²) in [5, 5.41) is 13.3. The zero-order chi connectivity index (χ0) is 24.4. The molecule has 1 N–H and O–H groups in total. The van der Waals surface area contributed by atoms with E-state index in [0.717, 1.165) is 10.4 Å². The minimum absolute atomic E-state index is 0.0640. The topological polar surface area (TPSA) is 76.1 Å². The number of benzene rings is 2. The predicted octanol–water partition coefficient (Wildman–Crippen LogP) is 5.91. The van der Waals surface area contributed by atoms with Gasteiger partial charge in [0.25, 0.3) is 11.7 Å². The molecule has 1 aliphatic rings. The van der Waals surface area contributed by atoms with Crippen LogP contribution in [-0.2, 0) is 9.59 Å². The maximum absolute atomic E-state index is 13.3. The van der Waals surface area contributed by atoms with Crippen molar-refractivity contribution in [1.29, 1.82) is 0 Å². The van der Waals surface area contributed by atoms with E-state index in [9.17, 15) is 14.7 Å². The highest BCUT2D eigenvalue weighted by atomic mass is 32.1. The summed E-state index contributed by atoms with van der Waals surface area (Å²) in [6.45, 7) is 6.41. The third-order valence-corrected chi connectivity index (χ3v) is 6.71. The Kier molecular flexibility index (Phi) is 6.75. The normalized spacial score (nSPS) is 17.4. The second-order valence-corrected chi connectivity index (χ2v) is 9.21. The van der Waals surface area contributed by atoms with Gasteiger partial charge in [0.15, 0.2) is 0 Å². The van der Waals surface area contributed by atoms with E-state index < -0.39 is 17.7 Å². The summed E-state index contributed by atoms with van der Waals surface area (Å²) in [4.78, 5) is 28.8. The molecule has 1 aliphatic heterocycles. The molecular formula is C27H27NO5S. The molecule has 0 saturated carbocycles. The second-order valence-electron chi connectivity index (χ2n) is 8.23. The Labute approximate surface area is 203 Å². The molecule has 4 rings (SSSR count). The fraction of sp³-hybridized carbons (Fsp3) is 0.259. The van der Waals surface area contributed by atoms with Crippen molar-refractivity contribution in [2.45, 2.75) is 32.7 Å². The van der Waals surface area contributed by atoms with Crippen molar-refractivity contribution >= 4 is 34.5 Å². The Morgan fingerprint density at radius 3 is 2.56 bits per heavy atom. The average Bonchev–Trinajstić information content (AvgIpc) is 3.45. The summed E-state index contributed by atoms with van der Waals surface area (Å²) in [5.74, 6) is -0.173. The molecule has 1 amide bonds. The highest BCUT2D eigenvalue weighted by Crippen LogP contribution is 2.44. The Morgan fingerprint density at radius 2 is 1.91 bits per heavy atom. The number of aliphatic hydroxyl groups is 1. The monoisotopic (exact) mass is 477 g/mol. The first-order valence-electron chi connectivity index (χ1n) is 11.1. The van der Waals surface area contributed by atoms with Crippen LogP contribution in [0.3, 0.4) is 0 Å². The molecule has 7 heteroatoms. The molecule has 1 fully saturated rings. The van der Waals surface area contributed by atoms with Crippen LogP contribution in [0.5, 0.6) is 11.5 Å². The number of thiophene rings is 1. The molecule has 1 atom stereocenters. The lowest BCUT2D eigenvalue weighted by Gasteiger charge is -2.24. The van der Waals surface area contributed by atoms with Crippen LogP contribution in [-0.4, -0.2) is 30.5 Å². The smallest absolute Gasteiger partial charge is 0.300 e. The molecule has 1 unspecified atom stereocenters. The van der Waals surface area contributed by atoms with Gasteiger partial charge >= 0.3 is 0 Å². The quantitative estimate of drug-likeness (QED) is 0.260. The molecule has 0 bridgehead atoms. The van der Waals surface area contributed by atoms with Gasteiger partial charge in [-0.3, -0.25) is 14.5 Å². The number of carbonyl (C=O) groups is 2. The number of methoxy groups -OCH3 is 1. The fourth-order valence-electron chi connectivity index (χ4n) is 4.19. The van der Waals surface area contributed by atoms with Gasteiger partial charge in [-0.2, -0.15) is 0 Å². The summed E-state index contributed by atoms with van der Waals surface area (Å²) in [6, 6.07) is 15.3. The Balaban J connectivity index is 1.89. The van der Waals surface area contributed by atoms with Gasteiger partial charge in [-0.15, -0.1) is 11.3 Å². The summed E-state index contributed by atoms with van der Waals surface area (Å²) in [7, 11) is 1.60. The van der Waals surface area contributed by atoms with Gasteiger partial charge in [0.05, 0.1) is 19.3 Å². The van der Waals surface area contributed by atoms with Crippen molar-refractivity contribution in [3.05, 3.63) is 81.6 Å². The van der Waals surface area contributed by atoms with Crippen molar-refractivity contribution < 1.29 is 24.2 Å². The number of aliphatic hydroxyl groups excluding tert-OH is 1. The van der Waals surface area contributed by atoms with Crippen molar-refractivity contribution in [2.75, 3.05) is 18.6 Å². The largest absolute Gasteiger partial charge is 0.507 e. The van der Waals surface area contributed by atoms with E-state index in [-0.39, 0.29) is 17.3 Å². The van der Waals surface area contributed by atoms with Crippen LogP contribution < -0.4 is 14.4 Å². The van der Waals surface area contributed by atoms with Crippen LogP contribution in [0.4, 0.5) is 5.69 Å². The Morgan fingerprint density at radius 1 is 1.12 bits per heavy atom. The molecule has 0 aliphatic carbocycles. The number of rotatable bonds is 7. The highest BCUT2D eigenvalue weighted by Gasteiger charge is 2.47. The highest BCUT2D eigenvalue weighted by molar-refractivity contribution is 7.10. The molecule has 0 radical (unpaired) electrons. The van der Waals surface area contributed by atoms with Gasteiger partial charge in [-0.05, 0) is 60.2 Å². The van der Waals surface area contributed by atoms with Gasteiger partial charge in [0.1, 0.15) is 23.3 Å². The Bertz CT molecular complexity index is 1250. The third kappa shape index (κ3) is 4.19. The number of Topliss-reactive ketones (excluding diaryl/α,β-unsaturated/α-hetero) is 1. The first-order chi connectivity index (χ1) is 16.4. The lowest BCUT2D eigenvalue weighted by atomic mass is 9.95. The molecule has 6 nitrogen and oxygen atoms in total. The van der Waals surface area contributed by atoms with Gasteiger partial charge < -0.3 is 14.6 Å². The van der Waals surface area contributed by atoms with E-state index >= 15 is 0 Å². The number of anilines is 1. The number of ether oxygens (including phenoxy) is 2. The molecular weight excluding hydrogens is 450 g/mol. The summed E-state index contributed by atoms with van der Waals surface area (Å²) < 4.78 is 11.1. The zero-order valence-electron chi connectivity index (χ0n) is 19.6. The fourth-order valence-corrected chi connectivity index (χ4v) is 5.02. The number of carbonyl (C=O) groups excluding carboxylic acids is 2. The molecule has 2 heterocycles. The first-order valence-corrected chi connectivity index (χ1v) is 12.0.